The summed E-state index contributed by atoms with van der Waals surface area (Å²) < 4.78 is 18.2. The van der Waals surface area contributed by atoms with Crippen molar-refractivity contribution in [2.75, 3.05) is 19.8 Å². The van der Waals surface area contributed by atoms with Crippen LogP contribution in [0, 0.1) is 0 Å². The average Bonchev–Trinajstić information content (AvgIpc) is 3.35. The van der Waals surface area contributed by atoms with Gasteiger partial charge in [0.2, 0.25) is 0 Å². The number of benzene rings is 3. The molecule has 0 aliphatic carbocycles. The zero-order valence-electron chi connectivity index (χ0n) is 44.4. The molecule has 0 bridgehead atoms. The molecule has 2 N–H and O–H groups in total. The third-order valence-corrected chi connectivity index (χ3v) is 13.4. The number of hydrogen-bond donors (Lipinski definition) is 2. The van der Waals surface area contributed by atoms with Crippen LogP contribution in [0.25, 0.3) is 0 Å². The Morgan fingerprint density at radius 3 is 0.884 bits per heavy atom. The van der Waals surface area contributed by atoms with Crippen LogP contribution >= 0.6 is 0 Å². The topological polar surface area (TPSA) is 92.9 Å². The van der Waals surface area contributed by atoms with Gasteiger partial charge in [0.15, 0.2) is 0 Å². The van der Waals surface area contributed by atoms with Crippen LogP contribution in [0.2, 0.25) is 0 Å². The van der Waals surface area contributed by atoms with E-state index in [-0.39, 0.29) is 11.5 Å². The van der Waals surface area contributed by atoms with Crippen molar-refractivity contribution in [2.24, 2.45) is 9.98 Å². The number of phenolic OH excluding ortho intramolecular Hbond substituents is 2. The van der Waals surface area contributed by atoms with Crippen LogP contribution in [-0.4, -0.2) is 42.5 Å². The Morgan fingerprint density at radius 1 is 0.319 bits per heavy atom. The van der Waals surface area contributed by atoms with E-state index in [1.165, 1.54) is 205 Å². The van der Waals surface area contributed by atoms with Crippen molar-refractivity contribution in [2.45, 2.75) is 252 Å². The molecule has 0 aromatic heterocycles. The van der Waals surface area contributed by atoms with Gasteiger partial charge in [-0.1, -0.05) is 233 Å². The SMILES string of the molecule is CCCCCCCCCCCCCCCCOc1ccc(C=Nc2ccc(OCCCCCCCCCC)cc2N=Cc2ccc(OCCCCCCCCCCCCCCCC)cc2O)c(O)c1. The molecule has 3 aromatic carbocycles. The minimum Gasteiger partial charge on any atom is -0.507 e. The maximum Gasteiger partial charge on any atom is 0.128 e. The number of rotatable bonds is 46. The molecular weight excluding hydrogens is 853 g/mol. The average molecular weight is 953 g/mol. The van der Waals surface area contributed by atoms with E-state index in [1.807, 2.05) is 42.5 Å². The highest BCUT2D eigenvalue weighted by atomic mass is 16.5. The predicted molar refractivity (Wildman–Crippen MR) is 297 cm³/mol. The van der Waals surface area contributed by atoms with Gasteiger partial charge in [-0.2, -0.15) is 0 Å². The van der Waals surface area contributed by atoms with E-state index in [0.717, 1.165) is 31.4 Å². The molecule has 69 heavy (non-hydrogen) atoms. The Morgan fingerprint density at radius 2 is 0.580 bits per heavy atom. The quantitative estimate of drug-likeness (QED) is 0.0435. The molecule has 0 amide bonds. The van der Waals surface area contributed by atoms with Crippen LogP contribution in [-0.2, 0) is 0 Å². The monoisotopic (exact) mass is 953 g/mol. The Bertz CT molecular complexity index is 1740. The summed E-state index contributed by atoms with van der Waals surface area (Å²) in [6.45, 7) is 8.75. The summed E-state index contributed by atoms with van der Waals surface area (Å²) in [5.74, 6) is 2.27. The van der Waals surface area contributed by atoms with E-state index < -0.39 is 0 Å². The van der Waals surface area contributed by atoms with Crippen molar-refractivity contribution in [3.05, 3.63) is 65.7 Å². The van der Waals surface area contributed by atoms with E-state index in [1.54, 1.807) is 24.6 Å². The van der Waals surface area contributed by atoms with Crippen LogP contribution < -0.4 is 14.2 Å². The molecule has 0 radical (unpaired) electrons. The lowest BCUT2D eigenvalue weighted by molar-refractivity contribution is 0.302. The van der Waals surface area contributed by atoms with Gasteiger partial charge in [-0.05, 0) is 55.7 Å². The number of nitrogens with zero attached hydrogens (tertiary/aromatic N) is 2. The summed E-state index contributed by atoms with van der Waals surface area (Å²) in [6, 6.07) is 16.5. The predicted octanol–water partition coefficient (Wildman–Crippen LogP) is 19.8. The van der Waals surface area contributed by atoms with E-state index in [2.05, 4.69) is 20.8 Å². The largest absolute Gasteiger partial charge is 0.507 e. The fraction of sp³-hybridized carbons (Fsp3) is 0.677. The van der Waals surface area contributed by atoms with Crippen LogP contribution in [0.4, 0.5) is 11.4 Å². The van der Waals surface area contributed by atoms with E-state index in [4.69, 9.17) is 24.2 Å². The molecule has 0 saturated carbocycles. The molecule has 0 heterocycles. The normalized spacial score (nSPS) is 11.6. The van der Waals surface area contributed by atoms with Gasteiger partial charge in [-0.15, -0.1) is 0 Å². The van der Waals surface area contributed by atoms with Crippen molar-refractivity contribution in [3.63, 3.8) is 0 Å². The van der Waals surface area contributed by atoms with Crippen molar-refractivity contribution in [1.29, 1.82) is 0 Å². The smallest absolute Gasteiger partial charge is 0.128 e. The lowest BCUT2D eigenvalue weighted by Gasteiger charge is -2.10. The number of unbranched alkanes of at least 4 members (excludes halogenated alkanes) is 33. The lowest BCUT2D eigenvalue weighted by Crippen LogP contribution is -1.98. The molecule has 0 aliphatic heterocycles. The van der Waals surface area contributed by atoms with Crippen molar-refractivity contribution < 1.29 is 24.4 Å². The van der Waals surface area contributed by atoms with Crippen LogP contribution in [0.15, 0.2) is 64.6 Å². The number of aliphatic imine (C=N–C) groups is 2. The van der Waals surface area contributed by atoms with Crippen molar-refractivity contribution in [1.82, 2.24) is 0 Å². The highest BCUT2D eigenvalue weighted by molar-refractivity contribution is 5.90. The van der Waals surface area contributed by atoms with Crippen LogP contribution in [0.3, 0.4) is 0 Å². The third kappa shape index (κ3) is 30.4. The Kier molecular flexibility index (Phi) is 35.9. The van der Waals surface area contributed by atoms with Gasteiger partial charge in [0, 0.05) is 41.8 Å². The maximum absolute atomic E-state index is 11.0. The van der Waals surface area contributed by atoms with Gasteiger partial charge in [0.25, 0.3) is 0 Å². The highest BCUT2D eigenvalue weighted by Gasteiger charge is 2.08. The molecule has 388 valence electrons. The first-order chi connectivity index (χ1) is 34.0. The summed E-state index contributed by atoms with van der Waals surface area (Å²) in [7, 11) is 0. The van der Waals surface area contributed by atoms with Crippen molar-refractivity contribution >= 4 is 23.8 Å². The first kappa shape index (κ1) is 59.3. The van der Waals surface area contributed by atoms with Gasteiger partial charge in [-0.3, -0.25) is 9.98 Å². The molecule has 3 rings (SSSR count). The molecular formula is C62H100N2O5. The summed E-state index contributed by atoms with van der Waals surface area (Å²) in [6.07, 6.45) is 50.4. The van der Waals surface area contributed by atoms with Crippen LogP contribution in [0.5, 0.6) is 28.7 Å². The second kappa shape index (κ2) is 41.8. The standard InChI is InChI=1S/C62H100N2O5/c1-4-7-10-13-16-19-21-23-25-27-29-32-35-38-47-68-57-42-40-54(61(65)50-57)52-63-59-45-44-56(67-46-37-34-31-18-15-12-9-6-3)49-60(59)64-53-55-41-43-58(51-62(55)66)69-48-39-36-33-30-28-26-24-22-20-17-14-11-8-5-2/h40-45,49-53,65-66H,4-39,46-48H2,1-3H3. The number of phenols is 2. The van der Waals surface area contributed by atoms with Gasteiger partial charge >= 0.3 is 0 Å². The Balaban J connectivity index is 1.47. The molecule has 0 unspecified atom stereocenters. The first-order valence-electron chi connectivity index (χ1n) is 28.8. The van der Waals surface area contributed by atoms with E-state index in [0.29, 0.717) is 53.8 Å². The number of hydrogen-bond acceptors (Lipinski definition) is 7. The summed E-state index contributed by atoms with van der Waals surface area (Å²) in [5.41, 5.74) is 2.40. The fourth-order valence-electron chi connectivity index (χ4n) is 8.93. The second-order valence-electron chi connectivity index (χ2n) is 19.8. The molecule has 3 aromatic rings. The second-order valence-corrected chi connectivity index (χ2v) is 19.8. The number of aromatic hydroxyl groups is 2. The summed E-state index contributed by atoms with van der Waals surface area (Å²) in [5, 5.41) is 21.9. The molecule has 0 aliphatic rings. The minimum atomic E-state index is 0.112. The van der Waals surface area contributed by atoms with Gasteiger partial charge in [0.05, 0.1) is 31.2 Å². The third-order valence-electron chi connectivity index (χ3n) is 13.4. The van der Waals surface area contributed by atoms with Crippen molar-refractivity contribution in [3.8, 4) is 28.7 Å². The van der Waals surface area contributed by atoms with E-state index in [9.17, 15) is 10.2 Å². The fourth-order valence-corrected chi connectivity index (χ4v) is 8.93. The molecule has 0 atom stereocenters. The number of ether oxygens (including phenoxy) is 3. The summed E-state index contributed by atoms with van der Waals surface area (Å²) in [4.78, 5) is 9.57. The molecule has 0 saturated heterocycles. The highest BCUT2D eigenvalue weighted by Crippen LogP contribution is 2.34. The molecule has 7 heteroatoms. The van der Waals surface area contributed by atoms with Gasteiger partial charge in [0.1, 0.15) is 28.7 Å². The minimum absolute atomic E-state index is 0.112. The Hall–Kier alpha value is -4.00. The Labute approximate surface area is 422 Å². The lowest BCUT2D eigenvalue weighted by atomic mass is 10.0. The maximum atomic E-state index is 11.0. The molecule has 7 nitrogen and oxygen atoms in total. The van der Waals surface area contributed by atoms with E-state index >= 15 is 0 Å². The summed E-state index contributed by atoms with van der Waals surface area (Å²) >= 11 is 0. The molecule has 0 spiro atoms. The zero-order valence-corrected chi connectivity index (χ0v) is 44.4. The first-order valence-corrected chi connectivity index (χ1v) is 28.8. The van der Waals surface area contributed by atoms with Gasteiger partial charge < -0.3 is 24.4 Å². The molecule has 0 fully saturated rings. The zero-order chi connectivity index (χ0) is 49.1. The van der Waals surface area contributed by atoms with Crippen LogP contribution in [0.1, 0.15) is 263 Å². The van der Waals surface area contributed by atoms with Gasteiger partial charge in [-0.25, -0.2) is 0 Å².